The minimum atomic E-state index is -1.28. The lowest BCUT2D eigenvalue weighted by molar-refractivity contribution is -0.144. The van der Waals surface area contributed by atoms with E-state index in [1.165, 1.54) is 11.1 Å². The molecule has 2 aliphatic carbocycles. The third-order valence-corrected chi connectivity index (χ3v) is 6.67. The molecule has 4 nitrogen and oxygen atoms in total. The molecule has 0 amide bonds. The first-order valence-electron chi connectivity index (χ1n) is 10.9. The predicted octanol–water partition coefficient (Wildman–Crippen LogP) is 4.25. The Kier molecular flexibility index (Phi) is 7.75. The van der Waals surface area contributed by atoms with Crippen LogP contribution in [0.5, 0.6) is 0 Å². The second kappa shape index (κ2) is 10.3. The van der Waals surface area contributed by atoms with E-state index >= 15 is 0 Å². The fraction of sp³-hybridized carbons (Fsp3) is 0.609. The lowest BCUT2D eigenvalue weighted by Gasteiger charge is -2.27. The van der Waals surface area contributed by atoms with E-state index in [4.69, 9.17) is 10.0 Å². The molecule has 0 saturated heterocycles. The number of rotatable bonds is 8. The molecule has 152 valence electrons. The van der Waals surface area contributed by atoms with Crippen molar-refractivity contribution in [2.45, 2.75) is 70.5 Å². The van der Waals surface area contributed by atoms with E-state index in [0.717, 1.165) is 51.4 Å². The quantitative estimate of drug-likeness (QED) is 0.356. The summed E-state index contributed by atoms with van der Waals surface area (Å²) in [4.78, 5) is 11.8. The summed E-state index contributed by atoms with van der Waals surface area (Å²) in [5, 5.41) is 27.6. The number of carboxylic acids is 1. The molecule has 1 aromatic carbocycles. The van der Waals surface area contributed by atoms with Gasteiger partial charge >= 0.3 is 13.1 Å². The second-order valence-electron chi connectivity index (χ2n) is 8.59. The Labute approximate surface area is 168 Å². The van der Waals surface area contributed by atoms with Gasteiger partial charge in [-0.15, -0.1) is 0 Å². The van der Waals surface area contributed by atoms with E-state index in [1.807, 2.05) is 0 Å². The van der Waals surface area contributed by atoms with Crippen LogP contribution in [0, 0.1) is 17.8 Å². The van der Waals surface area contributed by atoms with Crippen molar-refractivity contribution in [3.63, 3.8) is 0 Å². The Morgan fingerprint density at radius 2 is 1.82 bits per heavy atom. The largest absolute Gasteiger partial charge is 0.481 e. The highest BCUT2D eigenvalue weighted by molar-refractivity contribution is 6.40. The Bertz CT molecular complexity index is 660. The number of carbonyl (C=O) groups is 1. The van der Waals surface area contributed by atoms with Crippen LogP contribution in [0.4, 0.5) is 0 Å². The maximum atomic E-state index is 11.8. The molecule has 2 aliphatic rings. The standard InChI is InChI=1S/C23H33BO4/c25-23(26)22(13-3-4-14-24(27)28)18-11-5-9-17(10-6-12-18)21-15-19-7-1-2-8-20(19)16-21/h1-2,7-9,18,21-22,27-28H,3-6,10-16H2,(H,25,26)/b17-9-. The number of unbranched alkanes of at least 4 members (excludes halogenated alkanes) is 1. The summed E-state index contributed by atoms with van der Waals surface area (Å²) in [6, 6.07) is 8.77. The van der Waals surface area contributed by atoms with Crippen molar-refractivity contribution in [2.24, 2.45) is 17.8 Å². The van der Waals surface area contributed by atoms with Crippen LogP contribution in [0.25, 0.3) is 0 Å². The fourth-order valence-electron chi connectivity index (χ4n) is 5.14. The van der Waals surface area contributed by atoms with E-state index in [9.17, 15) is 9.90 Å². The third kappa shape index (κ3) is 5.71. The van der Waals surface area contributed by atoms with Gasteiger partial charge in [-0.05, 0) is 80.6 Å². The van der Waals surface area contributed by atoms with Gasteiger partial charge in [-0.2, -0.15) is 0 Å². The first kappa shape index (κ1) is 21.1. The van der Waals surface area contributed by atoms with Crippen LogP contribution < -0.4 is 0 Å². The van der Waals surface area contributed by atoms with Crippen LogP contribution in [-0.2, 0) is 17.6 Å². The topological polar surface area (TPSA) is 77.8 Å². The third-order valence-electron chi connectivity index (χ3n) is 6.67. The Hall–Kier alpha value is -1.59. The molecule has 0 heterocycles. The van der Waals surface area contributed by atoms with E-state index in [2.05, 4.69) is 30.3 Å². The number of carboxylic acid groups (broad SMARTS) is 1. The van der Waals surface area contributed by atoms with Crippen LogP contribution in [0.3, 0.4) is 0 Å². The molecule has 0 fully saturated rings. The van der Waals surface area contributed by atoms with Gasteiger partial charge < -0.3 is 15.2 Å². The van der Waals surface area contributed by atoms with Gasteiger partial charge in [0.15, 0.2) is 0 Å². The van der Waals surface area contributed by atoms with Gasteiger partial charge in [0.25, 0.3) is 0 Å². The van der Waals surface area contributed by atoms with Gasteiger partial charge in [0.05, 0.1) is 5.92 Å². The maximum absolute atomic E-state index is 11.8. The molecule has 5 heteroatoms. The molecule has 2 atom stereocenters. The molecule has 0 aromatic heterocycles. The minimum absolute atomic E-state index is 0.232. The van der Waals surface area contributed by atoms with Crippen molar-refractivity contribution in [1.29, 1.82) is 0 Å². The number of hydrogen-bond donors (Lipinski definition) is 3. The molecule has 0 spiro atoms. The normalized spacial score (nSPS) is 23.2. The van der Waals surface area contributed by atoms with Crippen molar-refractivity contribution in [3.05, 3.63) is 47.0 Å². The highest BCUT2D eigenvalue weighted by Gasteiger charge is 2.29. The molecular formula is C23H33BO4. The zero-order chi connectivity index (χ0) is 19.9. The van der Waals surface area contributed by atoms with Crippen LogP contribution in [0.1, 0.15) is 62.5 Å². The molecule has 0 aliphatic heterocycles. The number of benzene rings is 1. The second-order valence-corrected chi connectivity index (χ2v) is 8.59. The van der Waals surface area contributed by atoms with Crippen LogP contribution in [0.15, 0.2) is 35.9 Å². The van der Waals surface area contributed by atoms with Gasteiger partial charge in [0, 0.05) is 0 Å². The van der Waals surface area contributed by atoms with E-state index in [0.29, 0.717) is 25.1 Å². The predicted molar refractivity (Wildman–Crippen MR) is 112 cm³/mol. The summed E-state index contributed by atoms with van der Waals surface area (Å²) in [6.45, 7) is 0. The molecule has 28 heavy (non-hydrogen) atoms. The molecule has 1 aromatic rings. The molecule has 3 N–H and O–H groups in total. The first-order valence-corrected chi connectivity index (χ1v) is 10.9. The zero-order valence-electron chi connectivity index (χ0n) is 16.7. The number of hydrogen-bond acceptors (Lipinski definition) is 3. The molecule has 2 unspecified atom stereocenters. The Morgan fingerprint density at radius 1 is 1.11 bits per heavy atom. The summed E-state index contributed by atoms with van der Waals surface area (Å²) in [5.74, 6) is -0.128. The summed E-state index contributed by atoms with van der Waals surface area (Å²) >= 11 is 0. The summed E-state index contributed by atoms with van der Waals surface area (Å²) in [5.41, 5.74) is 4.57. The van der Waals surface area contributed by atoms with Crippen molar-refractivity contribution >= 4 is 13.1 Å². The Morgan fingerprint density at radius 3 is 2.46 bits per heavy atom. The lowest BCUT2D eigenvalue weighted by atomic mass is 9.77. The number of allylic oxidation sites excluding steroid dienone is 2. The van der Waals surface area contributed by atoms with Crippen LogP contribution >= 0.6 is 0 Å². The SMILES string of the molecule is O=C(O)C(CCCCB(O)O)C1CC/C=C(\C2Cc3ccccc3C2)CCC1. The van der Waals surface area contributed by atoms with Gasteiger partial charge in [0.1, 0.15) is 0 Å². The van der Waals surface area contributed by atoms with E-state index < -0.39 is 13.1 Å². The summed E-state index contributed by atoms with van der Waals surface area (Å²) in [6.07, 6.45) is 12.2. The highest BCUT2D eigenvalue weighted by atomic mass is 16.4. The molecule has 0 radical (unpaired) electrons. The highest BCUT2D eigenvalue weighted by Crippen LogP contribution is 2.37. The molecule has 0 bridgehead atoms. The average molecular weight is 384 g/mol. The first-order chi connectivity index (χ1) is 13.5. The van der Waals surface area contributed by atoms with Gasteiger partial charge in [-0.25, -0.2) is 0 Å². The van der Waals surface area contributed by atoms with Crippen LogP contribution in [-0.4, -0.2) is 28.2 Å². The smallest absolute Gasteiger partial charge is 0.451 e. The molecule has 3 rings (SSSR count). The zero-order valence-corrected chi connectivity index (χ0v) is 16.7. The van der Waals surface area contributed by atoms with Gasteiger partial charge in [0.2, 0.25) is 0 Å². The van der Waals surface area contributed by atoms with Crippen molar-refractivity contribution < 1.29 is 19.9 Å². The molecule has 0 saturated carbocycles. The summed E-state index contributed by atoms with van der Waals surface area (Å²) < 4.78 is 0. The number of aliphatic carboxylic acids is 1. The van der Waals surface area contributed by atoms with E-state index in [1.54, 1.807) is 5.57 Å². The average Bonchev–Trinajstić information content (AvgIpc) is 3.06. The summed E-state index contributed by atoms with van der Waals surface area (Å²) in [7, 11) is -1.28. The van der Waals surface area contributed by atoms with Crippen molar-refractivity contribution in [3.8, 4) is 0 Å². The Balaban J connectivity index is 1.53. The number of fused-ring (bicyclic) bond motifs is 1. The van der Waals surface area contributed by atoms with Crippen LogP contribution in [0.2, 0.25) is 6.32 Å². The van der Waals surface area contributed by atoms with Gasteiger partial charge in [-0.1, -0.05) is 48.8 Å². The van der Waals surface area contributed by atoms with Crippen molar-refractivity contribution in [2.75, 3.05) is 0 Å². The maximum Gasteiger partial charge on any atom is 0.451 e. The molecular weight excluding hydrogens is 351 g/mol. The monoisotopic (exact) mass is 384 g/mol. The van der Waals surface area contributed by atoms with Gasteiger partial charge in [-0.3, -0.25) is 4.79 Å². The fourth-order valence-corrected chi connectivity index (χ4v) is 5.14. The van der Waals surface area contributed by atoms with E-state index in [-0.39, 0.29) is 11.8 Å². The minimum Gasteiger partial charge on any atom is -0.481 e. The lowest BCUT2D eigenvalue weighted by Crippen LogP contribution is -2.25. The van der Waals surface area contributed by atoms with Crippen molar-refractivity contribution in [1.82, 2.24) is 0 Å².